The van der Waals surface area contributed by atoms with E-state index in [1.807, 2.05) is 14.0 Å². The van der Waals surface area contributed by atoms with Crippen LogP contribution in [0.5, 0.6) is 0 Å². The molecule has 1 N–H and O–H groups in total. The molecular formula is C8H14N2O2. The van der Waals surface area contributed by atoms with Gasteiger partial charge < -0.3 is 14.4 Å². The highest BCUT2D eigenvalue weighted by Crippen LogP contribution is 2.10. The van der Waals surface area contributed by atoms with E-state index in [2.05, 4.69) is 4.98 Å². The lowest BCUT2D eigenvalue weighted by molar-refractivity contribution is 0.200. The number of nitrogens with zero attached hydrogens (tertiary/aromatic N) is 2. The van der Waals surface area contributed by atoms with Gasteiger partial charge in [0.1, 0.15) is 6.26 Å². The molecule has 1 atom stereocenters. The Bertz CT molecular complexity index is 245. The summed E-state index contributed by atoms with van der Waals surface area (Å²) in [5, 5.41) is 9.08. The van der Waals surface area contributed by atoms with Crippen LogP contribution in [-0.4, -0.2) is 29.8 Å². The van der Waals surface area contributed by atoms with Crippen LogP contribution in [0, 0.1) is 6.92 Å². The molecule has 0 amide bonds. The molecule has 0 radical (unpaired) electrons. The number of hydrogen-bond donors (Lipinski definition) is 1. The van der Waals surface area contributed by atoms with Crippen molar-refractivity contribution in [1.82, 2.24) is 4.98 Å². The van der Waals surface area contributed by atoms with E-state index >= 15 is 0 Å². The van der Waals surface area contributed by atoms with Gasteiger partial charge >= 0.3 is 0 Å². The molecule has 1 rings (SSSR count). The van der Waals surface area contributed by atoms with Crippen molar-refractivity contribution in [2.75, 3.05) is 18.5 Å². The molecule has 0 unspecified atom stereocenters. The standard InChI is InChI=1S/C8H14N2O2/c1-6-5-12-8(9-6)10(3)4-7(2)11/h5,7,11H,4H2,1-3H3/t7-/m1/s1. The summed E-state index contributed by atoms with van der Waals surface area (Å²) >= 11 is 0. The zero-order valence-electron chi connectivity index (χ0n) is 7.61. The lowest BCUT2D eigenvalue weighted by Gasteiger charge is -2.15. The average Bonchev–Trinajstić information content (AvgIpc) is 2.34. The molecule has 1 aromatic rings. The summed E-state index contributed by atoms with van der Waals surface area (Å²) in [6.07, 6.45) is 1.22. The Morgan fingerprint density at radius 3 is 2.83 bits per heavy atom. The molecule has 1 heterocycles. The summed E-state index contributed by atoms with van der Waals surface area (Å²) in [6, 6.07) is 0.549. The van der Waals surface area contributed by atoms with Crippen molar-refractivity contribution in [3.63, 3.8) is 0 Å². The molecule has 0 saturated carbocycles. The van der Waals surface area contributed by atoms with Crippen LogP contribution in [0.1, 0.15) is 12.6 Å². The summed E-state index contributed by atoms with van der Waals surface area (Å²) in [7, 11) is 1.83. The molecule has 1 aromatic heterocycles. The second-order valence-electron chi connectivity index (χ2n) is 3.00. The van der Waals surface area contributed by atoms with Crippen molar-refractivity contribution >= 4 is 6.01 Å². The largest absolute Gasteiger partial charge is 0.432 e. The van der Waals surface area contributed by atoms with Crippen molar-refractivity contribution in [1.29, 1.82) is 0 Å². The Hall–Kier alpha value is -1.03. The number of rotatable bonds is 3. The van der Waals surface area contributed by atoms with Crippen molar-refractivity contribution in [3.05, 3.63) is 12.0 Å². The predicted octanol–water partition coefficient (Wildman–Crippen LogP) is 0.800. The maximum atomic E-state index is 9.08. The first-order valence-corrected chi connectivity index (χ1v) is 3.91. The zero-order chi connectivity index (χ0) is 9.14. The number of likely N-dealkylation sites (N-methyl/N-ethyl adjacent to an activating group) is 1. The van der Waals surface area contributed by atoms with Gasteiger partial charge in [-0.05, 0) is 13.8 Å². The lowest BCUT2D eigenvalue weighted by atomic mass is 10.4. The molecule has 0 fully saturated rings. The van der Waals surface area contributed by atoms with Gasteiger partial charge in [-0.2, -0.15) is 4.98 Å². The minimum absolute atomic E-state index is 0.373. The molecule has 0 aromatic carbocycles. The first-order valence-electron chi connectivity index (χ1n) is 3.91. The van der Waals surface area contributed by atoms with Crippen LogP contribution in [0.25, 0.3) is 0 Å². The van der Waals surface area contributed by atoms with E-state index in [-0.39, 0.29) is 6.10 Å². The highest BCUT2D eigenvalue weighted by atomic mass is 16.4. The third-order valence-electron chi connectivity index (χ3n) is 1.47. The van der Waals surface area contributed by atoms with Crippen LogP contribution < -0.4 is 4.90 Å². The quantitative estimate of drug-likeness (QED) is 0.729. The number of hydrogen-bond acceptors (Lipinski definition) is 4. The van der Waals surface area contributed by atoms with Crippen molar-refractivity contribution < 1.29 is 9.52 Å². The molecule has 0 spiro atoms. The normalized spacial score (nSPS) is 13.0. The number of oxazole rings is 1. The second kappa shape index (κ2) is 3.58. The summed E-state index contributed by atoms with van der Waals surface area (Å²) in [4.78, 5) is 5.89. The maximum absolute atomic E-state index is 9.08. The first kappa shape index (κ1) is 9.06. The van der Waals surface area contributed by atoms with Crippen LogP contribution in [0.4, 0.5) is 6.01 Å². The molecule has 0 aliphatic rings. The maximum Gasteiger partial charge on any atom is 0.297 e. The highest BCUT2D eigenvalue weighted by molar-refractivity contribution is 5.24. The van der Waals surface area contributed by atoms with E-state index in [4.69, 9.17) is 9.52 Å². The number of anilines is 1. The predicted molar refractivity (Wildman–Crippen MR) is 46.2 cm³/mol. The van der Waals surface area contributed by atoms with Gasteiger partial charge in [0.15, 0.2) is 0 Å². The Labute approximate surface area is 71.8 Å². The van der Waals surface area contributed by atoms with Gasteiger partial charge in [-0.25, -0.2) is 0 Å². The van der Waals surface area contributed by atoms with Crippen LogP contribution in [0.2, 0.25) is 0 Å². The SMILES string of the molecule is Cc1coc(N(C)C[C@@H](C)O)n1. The highest BCUT2D eigenvalue weighted by Gasteiger charge is 2.08. The van der Waals surface area contributed by atoms with Gasteiger partial charge in [-0.1, -0.05) is 0 Å². The molecule has 0 aliphatic carbocycles. The number of aliphatic hydroxyl groups is 1. The Kier molecular flexibility index (Phi) is 2.70. The van der Waals surface area contributed by atoms with E-state index in [0.717, 1.165) is 5.69 Å². The molecular weight excluding hydrogens is 156 g/mol. The fourth-order valence-electron chi connectivity index (χ4n) is 0.991. The van der Waals surface area contributed by atoms with Gasteiger partial charge in [0.05, 0.1) is 11.8 Å². The molecule has 0 bridgehead atoms. The molecule has 4 nitrogen and oxygen atoms in total. The summed E-state index contributed by atoms with van der Waals surface area (Å²) < 4.78 is 5.13. The van der Waals surface area contributed by atoms with Gasteiger partial charge in [-0.3, -0.25) is 0 Å². The van der Waals surface area contributed by atoms with Crippen molar-refractivity contribution in [2.45, 2.75) is 20.0 Å². The van der Waals surface area contributed by atoms with Crippen LogP contribution in [0.15, 0.2) is 10.7 Å². The first-order chi connectivity index (χ1) is 5.59. The van der Waals surface area contributed by atoms with Crippen molar-refractivity contribution in [2.24, 2.45) is 0 Å². The Balaban J connectivity index is 2.58. The van der Waals surface area contributed by atoms with Gasteiger partial charge in [0.25, 0.3) is 6.01 Å². The smallest absolute Gasteiger partial charge is 0.297 e. The topological polar surface area (TPSA) is 49.5 Å². The second-order valence-corrected chi connectivity index (χ2v) is 3.00. The number of aromatic nitrogens is 1. The average molecular weight is 170 g/mol. The zero-order valence-corrected chi connectivity index (χ0v) is 7.61. The van der Waals surface area contributed by atoms with Crippen LogP contribution in [0.3, 0.4) is 0 Å². The van der Waals surface area contributed by atoms with Gasteiger partial charge in [-0.15, -0.1) is 0 Å². The van der Waals surface area contributed by atoms with E-state index in [9.17, 15) is 0 Å². The Morgan fingerprint density at radius 1 is 1.75 bits per heavy atom. The molecule has 12 heavy (non-hydrogen) atoms. The third-order valence-corrected chi connectivity index (χ3v) is 1.47. The van der Waals surface area contributed by atoms with Crippen LogP contribution >= 0.6 is 0 Å². The molecule has 0 aliphatic heterocycles. The van der Waals surface area contributed by atoms with Crippen molar-refractivity contribution in [3.8, 4) is 0 Å². The summed E-state index contributed by atoms with van der Waals surface area (Å²) in [6.45, 7) is 4.12. The van der Waals surface area contributed by atoms with Gasteiger partial charge in [0.2, 0.25) is 0 Å². The van der Waals surface area contributed by atoms with E-state index in [1.165, 1.54) is 0 Å². The Morgan fingerprint density at radius 2 is 2.42 bits per heavy atom. The van der Waals surface area contributed by atoms with E-state index in [0.29, 0.717) is 12.6 Å². The molecule has 4 heteroatoms. The third kappa shape index (κ3) is 2.23. The van der Waals surface area contributed by atoms with Gasteiger partial charge in [0, 0.05) is 13.6 Å². The molecule has 68 valence electrons. The minimum Gasteiger partial charge on any atom is -0.432 e. The van der Waals surface area contributed by atoms with Crippen LogP contribution in [-0.2, 0) is 0 Å². The lowest BCUT2D eigenvalue weighted by Crippen LogP contribution is -2.27. The minimum atomic E-state index is -0.373. The molecule has 0 saturated heterocycles. The van der Waals surface area contributed by atoms with E-state index in [1.54, 1.807) is 18.1 Å². The summed E-state index contributed by atoms with van der Waals surface area (Å²) in [5.41, 5.74) is 0.849. The number of aliphatic hydroxyl groups excluding tert-OH is 1. The van der Waals surface area contributed by atoms with E-state index < -0.39 is 0 Å². The fraction of sp³-hybridized carbons (Fsp3) is 0.625. The fourth-order valence-corrected chi connectivity index (χ4v) is 0.991. The summed E-state index contributed by atoms with van der Waals surface area (Å²) in [5.74, 6) is 0. The number of aryl methyl sites for hydroxylation is 1. The monoisotopic (exact) mass is 170 g/mol.